The fourth-order valence-electron chi connectivity index (χ4n) is 0.724. The van der Waals surface area contributed by atoms with Crippen molar-refractivity contribution in [2.75, 3.05) is 7.05 Å². The molecule has 0 aromatic carbocycles. The second-order valence-corrected chi connectivity index (χ2v) is 2.21. The molecule has 1 nitrogen and oxygen atoms in total. The van der Waals surface area contributed by atoms with E-state index in [1.54, 1.807) is 11.1 Å². The molecule has 1 rings (SSSR count). The van der Waals surface area contributed by atoms with Crippen molar-refractivity contribution >= 4 is 6.21 Å². The summed E-state index contributed by atoms with van der Waals surface area (Å²) in [5, 5.41) is 0. The van der Waals surface area contributed by atoms with Crippen molar-refractivity contribution in [3.05, 3.63) is 11.1 Å². The summed E-state index contributed by atoms with van der Waals surface area (Å²) in [7, 11) is 1.82. The van der Waals surface area contributed by atoms with E-state index in [0.29, 0.717) is 0 Å². The van der Waals surface area contributed by atoms with Crippen LogP contribution in [0.4, 0.5) is 0 Å². The minimum absolute atomic E-state index is 1.09. The van der Waals surface area contributed by atoms with Gasteiger partial charge in [-0.05, 0) is 13.3 Å². The lowest BCUT2D eigenvalue weighted by Crippen LogP contribution is -1.68. The SMILES string of the molecule is CN=CCC1=C(C)C1. The molecule has 1 heteroatoms. The van der Waals surface area contributed by atoms with E-state index in [9.17, 15) is 0 Å². The highest BCUT2D eigenvalue weighted by Gasteiger charge is 2.13. The molecule has 0 spiro atoms. The van der Waals surface area contributed by atoms with Gasteiger partial charge in [0.15, 0.2) is 0 Å². The van der Waals surface area contributed by atoms with Crippen LogP contribution in [-0.2, 0) is 0 Å². The van der Waals surface area contributed by atoms with E-state index in [4.69, 9.17) is 0 Å². The summed E-state index contributed by atoms with van der Waals surface area (Å²) >= 11 is 0. The Hall–Kier alpha value is -0.590. The number of nitrogens with zero attached hydrogens (tertiary/aromatic N) is 1. The van der Waals surface area contributed by atoms with Gasteiger partial charge >= 0.3 is 0 Å². The summed E-state index contributed by atoms with van der Waals surface area (Å²) in [5.74, 6) is 0. The van der Waals surface area contributed by atoms with E-state index in [1.807, 2.05) is 13.3 Å². The van der Waals surface area contributed by atoms with E-state index in [2.05, 4.69) is 11.9 Å². The third-order valence-electron chi connectivity index (χ3n) is 1.48. The molecule has 0 saturated carbocycles. The molecule has 0 aromatic rings. The van der Waals surface area contributed by atoms with E-state index < -0.39 is 0 Å². The number of aliphatic imine (C=N–C) groups is 1. The number of hydrogen-bond acceptors (Lipinski definition) is 1. The Bertz CT molecular complexity index is 142. The lowest BCUT2D eigenvalue weighted by molar-refractivity contribution is 1.33. The first-order valence-corrected chi connectivity index (χ1v) is 2.92. The molecular weight excluding hydrogens is 98.1 g/mol. The number of rotatable bonds is 2. The molecule has 0 saturated heterocycles. The third kappa shape index (κ3) is 1.19. The standard InChI is InChI=1S/C7H11N/c1-6-5-7(6)3-4-8-2/h4H,3,5H2,1-2H3. The predicted molar refractivity (Wildman–Crippen MR) is 36.4 cm³/mol. The molecule has 0 N–H and O–H groups in total. The van der Waals surface area contributed by atoms with Crippen molar-refractivity contribution in [2.24, 2.45) is 4.99 Å². The van der Waals surface area contributed by atoms with Gasteiger partial charge in [0.2, 0.25) is 0 Å². The fourth-order valence-corrected chi connectivity index (χ4v) is 0.724. The molecule has 8 heavy (non-hydrogen) atoms. The van der Waals surface area contributed by atoms with Gasteiger partial charge in [-0.1, -0.05) is 11.1 Å². The molecule has 1 aliphatic rings. The Balaban J connectivity index is 2.23. The average molecular weight is 109 g/mol. The van der Waals surface area contributed by atoms with Crippen LogP contribution in [0.15, 0.2) is 16.1 Å². The first-order valence-electron chi connectivity index (χ1n) is 2.92. The van der Waals surface area contributed by atoms with Gasteiger partial charge in [0.25, 0.3) is 0 Å². The summed E-state index contributed by atoms with van der Waals surface area (Å²) < 4.78 is 0. The van der Waals surface area contributed by atoms with E-state index >= 15 is 0 Å². The van der Waals surface area contributed by atoms with Gasteiger partial charge < -0.3 is 4.99 Å². The second-order valence-electron chi connectivity index (χ2n) is 2.21. The molecule has 44 valence electrons. The zero-order chi connectivity index (χ0) is 5.98. The van der Waals surface area contributed by atoms with Crippen LogP contribution in [0.2, 0.25) is 0 Å². The van der Waals surface area contributed by atoms with Crippen molar-refractivity contribution in [1.29, 1.82) is 0 Å². The molecule has 0 unspecified atom stereocenters. The zero-order valence-electron chi connectivity index (χ0n) is 5.44. The molecule has 0 fully saturated rings. The van der Waals surface area contributed by atoms with Crippen LogP contribution >= 0.6 is 0 Å². The van der Waals surface area contributed by atoms with Crippen molar-refractivity contribution < 1.29 is 0 Å². The quantitative estimate of drug-likeness (QED) is 0.378. The Morgan fingerprint density at radius 2 is 2.38 bits per heavy atom. The van der Waals surface area contributed by atoms with E-state index in [0.717, 1.165) is 6.42 Å². The maximum atomic E-state index is 3.89. The maximum absolute atomic E-state index is 3.89. The summed E-state index contributed by atoms with van der Waals surface area (Å²) in [5.41, 5.74) is 3.14. The Kier molecular flexibility index (Phi) is 1.47. The predicted octanol–water partition coefficient (Wildman–Crippen LogP) is 1.80. The topological polar surface area (TPSA) is 12.4 Å². The molecule has 0 aliphatic heterocycles. The summed E-state index contributed by atoms with van der Waals surface area (Å²) in [6.45, 7) is 2.18. The van der Waals surface area contributed by atoms with Gasteiger partial charge in [-0.25, -0.2) is 0 Å². The lowest BCUT2D eigenvalue weighted by atomic mass is 10.4. The zero-order valence-corrected chi connectivity index (χ0v) is 5.44. The minimum atomic E-state index is 1.09. The minimum Gasteiger partial charge on any atom is -0.301 e. The van der Waals surface area contributed by atoms with Crippen molar-refractivity contribution in [1.82, 2.24) is 0 Å². The smallest absolute Gasteiger partial charge is 0.0273 e. The first-order chi connectivity index (χ1) is 3.84. The largest absolute Gasteiger partial charge is 0.301 e. The summed E-state index contributed by atoms with van der Waals surface area (Å²) in [4.78, 5) is 3.89. The van der Waals surface area contributed by atoms with Crippen LogP contribution in [-0.4, -0.2) is 13.3 Å². The molecule has 0 amide bonds. The summed E-state index contributed by atoms with van der Waals surface area (Å²) in [6, 6.07) is 0. The monoisotopic (exact) mass is 109 g/mol. The van der Waals surface area contributed by atoms with Crippen LogP contribution in [0, 0.1) is 0 Å². The summed E-state index contributed by atoms with van der Waals surface area (Å²) in [6.07, 6.45) is 4.31. The average Bonchev–Trinajstić information content (AvgIpc) is 2.42. The number of allylic oxidation sites excluding steroid dienone is 2. The van der Waals surface area contributed by atoms with Crippen LogP contribution in [0.25, 0.3) is 0 Å². The lowest BCUT2D eigenvalue weighted by Gasteiger charge is -1.75. The second kappa shape index (κ2) is 2.12. The molecule has 0 radical (unpaired) electrons. The van der Waals surface area contributed by atoms with E-state index in [1.165, 1.54) is 6.42 Å². The molecule has 1 aliphatic carbocycles. The third-order valence-corrected chi connectivity index (χ3v) is 1.48. The first kappa shape index (κ1) is 5.54. The number of hydrogen-bond donors (Lipinski definition) is 0. The maximum Gasteiger partial charge on any atom is 0.0273 e. The normalized spacial score (nSPS) is 18.2. The van der Waals surface area contributed by atoms with Crippen molar-refractivity contribution in [3.63, 3.8) is 0 Å². The Morgan fingerprint density at radius 1 is 1.75 bits per heavy atom. The van der Waals surface area contributed by atoms with Gasteiger partial charge in [0, 0.05) is 19.7 Å². The highest BCUT2D eigenvalue weighted by molar-refractivity contribution is 5.64. The van der Waals surface area contributed by atoms with Crippen molar-refractivity contribution in [2.45, 2.75) is 19.8 Å². The molecule has 0 bridgehead atoms. The van der Waals surface area contributed by atoms with Crippen LogP contribution in [0.1, 0.15) is 19.8 Å². The Labute approximate surface area is 50.1 Å². The van der Waals surface area contributed by atoms with Gasteiger partial charge in [0.1, 0.15) is 0 Å². The molecular formula is C7H11N. The molecule has 0 heterocycles. The fraction of sp³-hybridized carbons (Fsp3) is 0.571. The Morgan fingerprint density at radius 3 is 2.75 bits per heavy atom. The van der Waals surface area contributed by atoms with E-state index in [-0.39, 0.29) is 0 Å². The molecule has 0 atom stereocenters. The van der Waals surface area contributed by atoms with Gasteiger partial charge in [0.05, 0.1) is 0 Å². The van der Waals surface area contributed by atoms with Gasteiger partial charge in [-0.2, -0.15) is 0 Å². The van der Waals surface area contributed by atoms with Crippen molar-refractivity contribution in [3.8, 4) is 0 Å². The molecule has 0 aromatic heterocycles. The van der Waals surface area contributed by atoms with Crippen LogP contribution in [0.3, 0.4) is 0 Å². The highest BCUT2D eigenvalue weighted by atomic mass is 14.6. The van der Waals surface area contributed by atoms with Crippen LogP contribution in [0.5, 0.6) is 0 Å². The van der Waals surface area contributed by atoms with Gasteiger partial charge in [-0.3, -0.25) is 0 Å². The highest BCUT2D eigenvalue weighted by Crippen LogP contribution is 2.31. The van der Waals surface area contributed by atoms with Gasteiger partial charge in [-0.15, -0.1) is 0 Å². The van der Waals surface area contributed by atoms with Crippen LogP contribution < -0.4 is 0 Å².